The van der Waals surface area contributed by atoms with Crippen LogP contribution in [0.25, 0.3) is 0 Å². The van der Waals surface area contributed by atoms with E-state index in [-0.39, 0.29) is 5.78 Å². The highest BCUT2D eigenvalue weighted by atomic mass is 28.4. The van der Waals surface area contributed by atoms with Crippen molar-refractivity contribution in [3.8, 4) is 0 Å². The average molecular weight is 649 g/mol. The van der Waals surface area contributed by atoms with Crippen LogP contribution < -0.4 is 31.1 Å². The fourth-order valence-corrected chi connectivity index (χ4v) is 14.3. The quantitative estimate of drug-likeness (QED) is 0.0885. The van der Waals surface area contributed by atoms with Crippen molar-refractivity contribution < 1.29 is 13.6 Å². The number of hydrogen-bond acceptors (Lipinski definition) is 3. The largest absolute Gasteiger partial charge is 0.404 e. The first-order valence-corrected chi connectivity index (χ1v) is 20.2. The second-order valence-corrected chi connectivity index (χ2v) is 18.4. The van der Waals surface area contributed by atoms with Crippen LogP contribution in [0.2, 0.25) is 0 Å². The number of benzene rings is 6. The summed E-state index contributed by atoms with van der Waals surface area (Å²) in [5.41, 5.74) is 0. The number of carbonyl (C=O) groups excluding carboxylic acids is 1. The van der Waals surface area contributed by atoms with E-state index in [4.69, 9.17) is 8.85 Å². The minimum Gasteiger partial charge on any atom is -0.404 e. The smallest absolute Gasteiger partial charge is 0.288 e. The minimum absolute atomic E-state index is 0.192. The Morgan fingerprint density at radius 3 is 0.894 bits per heavy atom. The maximum atomic E-state index is 13.4. The lowest BCUT2D eigenvalue weighted by Crippen LogP contribution is -2.69. The van der Waals surface area contributed by atoms with Crippen LogP contribution in [0.5, 0.6) is 0 Å². The maximum absolute atomic E-state index is 13.4. The molecule has 3 nitrogen and oxygen atoms in total. The van der Waals surface area contributed by atoms with Gasteiger partial charge in [0.1, 0.15) is 5.78 Å². The summed E-state index contributed by atoms with van der Waals surface area (Å²) >= 11 is 0. The predicted octanol–water partition coefficient (Wildman–Crippen LogP) is 5.09. The van der Waals surface area contributed by atoms with Gasteiger partial charge in [0.25, 0.3) is 16.6 Å². The average Bonchev–Trinajstić information content (AvgIpc) is 3.16. The molecule has 0 atom stereocenters. The molecular weight excluding hydrogens is 609 g/mol. The second kappa shape index (κ2) is 15.8. The van der Waals surface area contributed by atoms with Gasteiger partial charge in [0, 0.05) is 26.1 Å². The maximum Gasteiger partial charge on any atom is 0.288 e. The van der Waals surface area contributed by atoms with E-state index in [2.05, 4.69) is 146 Å². The van der Waals surface area contributed by atoms with E-state index in [0.717, 1.165) is 0 Å². The molecule has 0 fully saturated rings. The number of Topliss-reactive ketones (excluding diaryl/α,β-unsaturated/α-hetero) is 1. The van der Waals surface area contributed by atoms with Gasteiger partial charge < -0.3 is 8.85 Å². The van der Waals surface area contributed by atoms with Crippen LogP contribution >= 0.6 is 0 Å². The number of hydrogen-bond donors (Lipinski definition) is 0. The highest BCUT2D eigenvalue weighted by Crippen LogP contribution is 2.13. The SMILES string of the molecule is O=C(CCCO[Si](c1ccccc1)(c1ccccc1)c1ccccc1)CCO[Si](c1ccccc1)(c1ccccc1)c1ccccc1. The molecule has 0 saturated heterocycles. The Morgan fingerprint density at radius 1 is 0.362 bits per heavy atom. The molecule has 5 heteroatoms. The fourth-order valence-electron chi connectivity index (χ4n) is 6.47. The molecule has 0 spiro atoms. The molecule has 0 bridgehead atoms. The normalized spacial score (nSPS) is 11.7. The van der Waals surface area contributed by atoms with Crippen molar-refractivity contribution in [2.45, 2.75) is 19.3 Å². The van der Waals surface area contributed by atoms with Gasteiger partial charge in [0.05, 0.1) is 0 Å². The van der Waals surface area contributed by atoms with Crippen LogP contribution in [-0.2, 0) is 13.6 Å². The molecule has 0 N–H and O–H groups in total. The van der Waals surface area contributed by atoms with Gasteiger partial charge in [-0.1, -0.05) is 182 Å². The lowest BCUT2D eigenvalue weighted by Gasteiger charge is -2.33. The monoisotopic (exact) mass is 648 g/mol. The Kier molecular flexibility index (Phi) is 10.8. The molecule has 0 radical (unpaired) electrons. The van der Waals surface area contributed by atoms with Crippen LogP contribution in [0.15, 0.2) is 182 Å². The van der Waals surface area contributed by atoms with Crippen molar-refractivity contribution >= 4 is 53.5 Å². The summed E-state index contributed by atoms with van der Waals surface area (Å²) in [4.78, 5) is 13.4. The zero-order chi connectivity index (χ0) is 32.2. The fraction of sp³-hybridized carbons (Fsp3) is 0.119. The third kappa shape index (κ3) is 7.19. The van der Waals surface area contributed by atoms with E-state index in [1.807, 2.05) is 36.4 Å². The minimum atomic E-state index is -2.84. The topological polar surface area (TPSA) is 35.5 Å². The Balaban J connectivity index is 1.17. The molecule has 6 aromatic carbocycles. The molecule has 0 unspecified atom stereocenters. The van der Waals surface area contributed by atoms with E-state index >= 15 is 0 Å². The highest BCUT2D eigenvalue weighted by Gasteiger charge is 2.43. The van der Waals surface area contributed by atoms with Crippen molar-refractivity contribution in [2.24, 2.45) is 0 Å². The first kappa shape index (κ1) is 32.3. The summed E-state index contributed by atoms with van der Waals surface area (Å²) in [6, 6.07) is 63.2. The van der Waals surface area contributed by atoms with Crippen LogP contribution in [0.3, 0.4) is 0 Å². The summed E-state index contributed by atoms with van der Waals surface area (Å²) in [5.74, 6) is 0.192. The molecule has 47 heavy (non-hydrogen) atoms. The Morgan fingerprint density at radius 2 is 0.617 bits per heavy atom. The molecule has 6 rings (SSSR count). The summed E-state index contributed by atoms with van der Waals surface area (Å²) < 4.78 is 14.0. The van der Waals surface area contributed by atoms with Gasteiger partial charge in [-0.2, -0.15) is 0 Å². The number of rotatable bonds is 15. The van der Waals surface area contributed by atoms with Crippen LogP contribution in [0, 0.1) is 0 Å². The summed E-state index contributed by atoms with van der Waals surface area (Å²) in [7, 11) is -5.63. The van der Waals surface area contributed by atoms with Gasteiger partial charge in [0.2, 0.25) is 0 Å². The molecule has 0 aliphatic carbocycles. The van der Waals surface area contributed by atoms with E-state index in [1.165, 1.54) is 31.1 Å². The first-order chi connectivity index (χ1) is 23.2. The van der Waals surface area contributed by atoms with Crippen molar-refractivity contribution in [3.05, 3.63) is 182 Å². The van der Waals surface area contributed by atoms with E-state index < -0.39 is 16.6 Å². The van der Waals surface area contributed by atoms with Crippen LogP contribution in [0.4, 0.5) is 0 Å². The zero-order valence-corrected chi connectivity index (χ0v) is 28.6. The molecule has 0 heterocycles. The molecule has 0 aliphatic rings. The molecular formula is C42H40O3Si2. The van der Waals surface area contributed by atoms with Crippen LogP contribution in [-0.4, -0.2) is 35.6 Å². The lowest BCUT2D eigenvalue weighted by atomic mass is 10.2. The van der Waals surface area contributed by atoms with Crippen molar-refractivity contribution in [3.63, 3.8) is 0 Å². The van der Waals surface area contributed by atoms with Crippen molar-refractivity contribution in [1.29, 1.82) is 0 Å². The van der Waals surface area contributed by atoms with E-state index in [0.29, 0.717) is 32.5 Å². The molecule has 234 valence electrons. The van der Waals surface area contributed by atoms with Crippen molar-refractivity contribution in [1.82, 2.24) is 0 Å². The molecule has 0 amide bonds. The van der Waals surface area contributed by atoms with Gasteiger partial charge in [-0.15, -0.1) is 0 Å². The Hall–Kier alpha value is -4.66. The summed E-state index contributed by atoms with van der Waals surface area (Å²) in [6.45, 7) is 0.857. The van der Waals surface area contributed by atoms with E-state index in [1.54, 1.807) is 0 Å². The summed E-state index contributed by atoms with van der Waals surface area (Å²) in [6.07, 6.45) is 1.46. The van der Waals surface area contributed by atoms with Gasteiger partial charge in [-0.25, -0.2) is 0 Å². The zero-order valence-electron chi connectivity index (χ0n) is 26.6. The van der Waals surface area contributed by atoms with Gasteiger partial charge in [-0.05, 0) is 37.5 Å². The summed E-state index contributed by atoms with van der Waals surface area (Å²) in [5, 5.41) is 7.09. The highest BCUT2D eigenvalue weighted by molar-refractivity contribution is 7.07. The Bertz CT molecular complexity index is 1610. The van der Waals surface area contributed by atoms with Crippen molar-refractivity contribution in [2.75, 3.05) is 13.2 Å². The molecule has 0 saturated carbocycles. The van der Waals surface area contributed by atoms with E-state index in [9.17, 15) is 4.79 Å². The number of ketones is 1. The molecule has 0 aromatic heterocycles. The van der Waals surface area contributed by atoms with Gasteiger partial charge >= 0.3 is 0 Å². The lowest BCUT2D eigenvalue weighted by molar-refractivity contribution is -0.119. The Labute approximate surface area is 280 Å². The van der Waals surface area contributed by atoms with Gasteiger partial charge in [0.15, 0.2) is 0 Å². The molecule has 0 aliphatic heterocycles. The third-order valence-electron chi connectivity index (χ3n) is 8.70. The van der Waals surface area contributed by atoms with Gasteiger partial charge in [-0.3, -0.25) is 4.79 Å². The first-order valence-electron chi connectivity index (χ1n) is 16.4. The number of carbonyl (C=O) groups is 1. The second-order valence-electron chi connectivity index (χ2n) is 11.6. The standard InChI is InChI=1S/C42H40O3Si2/c43-36(33-35-45-47(40-27-13-4-14-28-40,41-29-15-5-16-30-41)42-31-17-6-18-32-42)20-19-34-44-46(37-21-7-1-8-22-37,38-23-9-2-10-24-38)39-25-11-3-12-26-39/h1-18,21-32H,19-20,33-35H2. The predicted molar refractivity (Wildman–Crippen MR) is 199 cm³/mol. The third-order valence-corrected chi connectivity index (χ3v) is 16.9. The van der Waals surface area contributed by atoms with Crippen LogP contribution in [0.1, 0.15) is 19.3 Å². The molecule has 6 aromatic rings.